The minimum absolute atomic E-state index is 0.00269. The maximum absolute atomic E-state index is 14.0. The van der Waals surface area contributed by atoms with E-state index in [0.29, 0.717) is 24.2 Å². The number of hydrogen-bond acceptors (Lipinski definition) is 4. The average Bonchev–Trinajstić information content (AvgIpc) is 2.84. The molecular weight excluding hydrogens is 215 g/mol. The van der Waals surface area contributed by atoms with Gasteiger partial charge in [0.1, 0.15) is 0 Å². The van der Waals surface area contributed by atoms with Crippen LogP contribution in [0.3, 0.4) is 0 Å². The SMILES string of the molecule is COc1c(C2(O)CC2)cc2c(c1F)OCO2. The van der Waals surface area contributed by atoms with Gasteiger partial charge < -0.3 is 19.3 Å². The average molecular weight is 226 g/mol. The smallest absolute Gasteiger partial charge is 0.231 e. The van der Waals surface area contributed by atoms with Crippen molar-refractivity contribution in [3.63, 3.8) is 0 Å². The monoisotopic (exact) mass is 226 g/mol. The van der Waals surface area contributed by atoms with Gasteiger partial charge in [-0.05, 0) is 18.9 Å². The van der Waals surface area contributed by atoms with E-state index in [1.807, 2.05) is 0 Å². The summed E-state index contributed by atoms with van der Waals surface area (Å²) in [6.45, 7) is -0.00269. The highest BCUT2D eigenvalue weighted by molar-refractivity contribution is 5.56. The highest BCUT2D eigenvalue weighted by atomic mass is 19.1. The van der Waals surface area contributed by atoms with Crippen molar-refractivity contribution < 1.29 is 23.7 Å². The Labute approximate surface area is 91.5 Å². The van der Waals surface area contributed by atoms with Gasteiger partial charge in [-0.3, -0.25) is 0 Å². The number of aliphatic hydroxyl groups is 1. The van der Waals surface area contributed by atoms with Crippen molar-refractivity contribution in [2.75, 3.05) is 13.9 Å². The molecule has 0 aromatic heterocycles. The van der Waals surface area contributed by atoms with E-state index < -0.39 is 11.4 Å². The van der Waals surface area contributed by atoms with Crippen molar-refractivity contribution in [3.8, 4) is 17.2 Å². The predicted molar refractivity (Wildman–Crippen MR) is 52.2 cm³/mol. The molecule has 2 aliphatic rings. The Morgan fingerprint density at radius 1 is 1.44 bits per heavy atom. The fraction of sp³-hybridized carbons (Fsp3) is 0.455. The molecule has 1 N–H and O–H groups in total. The van der Waals surface area contributed by atoms with E-state index in [1.165, 1.54) is 7.11 Å². The van der Waals surface area contributed by atoms with E-state index in [1.54, 1.807) is 6.07 Å². The second kappa shape index (κ2) is 3.01. The number of hydrogen-bond donors (Lipinski definition) is 1. The maximum Gasteiger partial charge on any atom is 0.231 e. The van der Waals surface area contributed by atoms with Crippen LogP contribution < -0.4 is 14.2 Å². The van der Waals surface area contributed by atoms with Crippen LogP contribution in [0.25, 0.3) is 0 Å². The van der Waals surface area contributed by atoms with Gasteiger partial charge in [0.05, 0.1) is 12.7 Å². The van der Waals surface area contributed by atoms with Crippen LogP contribution in [0.2, 0.25) is 0 Å². The van der Waals surface area contributed by atoms with Crippen molar-refractivity contribution in [2.45, 2.75) is 18.4 Å². The normalized spacial score (nSPS) is 19.7. The van der Waals surface area contributed by atoms with Crippen LogP contribution in [0, 0.1) is 5.82 Å². The lowest BCUT2D eigenvalue weighted by atomic mass is 10.1. The Hall–Kier alpha value is -1.49. The summed E-state index contributed by atoms with van der Waals surface area (Å²) in [5.74, 6) is -0.171. The third-order valence-corrected chi connectivity index (χ3v) is 2.99. The Morgan fingerprint density at radius 3 is 2.81 bits per heavy atom. The molecule has 0 spiro atoms. The van der Waals surface area contributed by atoms with Crippen molar-refractivity contribution in [2.24, 2.45) is 0 Å². The molecule has 3 rings (SSSR count). The molecule has 0 bridgehead atoms. The molecule has 0 saturated heterocycles. The van der Waals surface area contributed by atoms with E-state index in [0.717, 1.165) is 0 Å². The molecular formula is C11H11FO4. The molecule has 4 nitrogen and oxygen atoms in total. The zero-order valence-electron chi connectivity index (χ0n) is 8.75. The maximum atomic E-state index is 14.0. The van der Waals surface area contributed by atoms with Gasteiger partial charge in [0, 0.05) is 5.56 Å². The highest BCUT2D eigenvalue weighted by Crippen LogP contribution is 2.53. The first kappa shape index (κ1) is 9.72. The Kier molecular flexibility index (Phi) is 1.83. The number of fused-ring (bicyclic) bond motifs is 1. The van der Waals surface area contributed by atoms with Gasteiger partial charge in [0.25, 0.3) is 0 Å². The van der Waals surface area contributed by atoms with Gasteiger partial charge in [-0.25, -0.2) is 0 Å². The number of rotatable bonds is 2. The molecule has 0 radical (unpaired) electrons. The first-order valence-corrected chi connectivity index (χ1v) is 5.05. The lowest BCUT2D eigenvalue weighted by Gasteiger charge is -2.15. The molecule has 1 aliphatic heterocycles. The minimum Gasteiger partial charge on any atom is -0.493 e. The van der Waals surface area contributed by atoms with Gasteiger partial charge in [-0.15, -0.1) is 0 Å². The summed E-state index contributed by atoms with van der Waals surface area (Å²) in [6.07, 6.45) is 1.23. The summed E-state index contributed by atoms with van der Waals surface area (Å²) in [5, 5.41) is 10.0. The van der Waals surface area contributed by atoms with E-state index in [4.69, 9.17) is 14.2 Å². The lowest BCUT2D eigenvalue weighted by Crippen LogP contribution is -2.08. The van der Waals surface area contributed by atoms with Crippen LogP contribution in [0.5, 0.6) is 17.2 Å². The summed E-state index contributed by atoms with van der Waals surface area (Å²) < 4.78 is 29.1. The molecule has 0 unspecified atom stereocenters. The molecule has 1 fully saturated rings. The second-order valence-electron chi connectivity index (χ2n) is 4.04. The summed E-state index contributed by atoms with van der Waals surface area (Å²) >= 11 is 0. The van der Waals surface area contributed by atoms with Crippen molar-refractivity contribution in [1.29, 1.82) is 0 Å². The lowest BCUT2D eigenvalue weighted by molar-refractivity contribution is 0.146. The van der Waals surface area contributed by atoms with Gasteiger partial charge in [-0.2, -0.15) is 4.39 Å². The van der Waals surface area contributed by atoms with Crippen LogP contribution >= 0.6 is 0 Å². The summed E-state index contributed by atoms with van der Waals surface area (Å²) in [5.41, 5.74) is -0.524. The fourth-order valence-electron chi connectivity index (χ4n) is 1.92. The molecule has 0 amide bonds. The number of halogens is 1. The minimum atomic E-state index is -0.965. The molecule has 16 heavy (non-hydrogen) atoms. The van der Waals surface area contributed by atoms with E-state index in [-0.39, 0.29) is 18.3 Å². The predicted octanol–water partition coefficient (Wildman–Crippen LogP) is 1.54. The largest absolute Gasteiger partial charge is 0.493 e. The summed E-state index contributed by atoms with van der Waals surface area (Å²) in [6, 6.07) is 1.59. The molecule has 0 atom stereocenters. The molecule has 1 aliphatic carbocycles. The molecule has 5 heteroatoms. The molecule has 1 aromatic rings. The number of benzene rings is 1. The third kappa shape index (κ3) is 1.18. The van der Waals surface area contributed by atoms with Crippen LogP contribution in [0.15, 0.2) is 6.07 Å². The Bertz CT molecular complexity index is 454. The molecule has 1 heterocycles. The van der Waals surface area contributed by atoms with Crippen LogP contribution in [0.4, 0.5) is 4.39 Å². The highest BCUT2D eigenvalue weighted by Gasteiger charge is 2.46. The zero-order valence-corrected chi connectivity index (χ0v) is 8.75. The van der Waals surface area contributed by atoms with Gasteiger partial charge in [0.15, 0.2) is 11.5 Å². The molecule has 1 aromatic carbocycles. The first-order chi connectivity index (χ1) is 7.65. The second-order valence-corrected chi connectivity index (χ2v) is 4.04. The first-order valence-electron chi connectivity index (χ1n) is 5.05. The number of ether oxygens (including phenoxy) is 3. The zero-order chi connectivity index (χ0) is 11.3. The standard InChI is InChI=1S/C11H11FO4/c1-14-9-6(11(13)2-3-11)4-7-10(8(9)12)16-5-15-7/h4,13H,2-3,5H2,1H3. The number of methoxy groups -OCH3 is 1. The quantitative estimate of drug-likeness (QED) is 0.831. The van der Waals surface area contributed by atoms with Crippen LogP contribution in [0.1, 0.15) is 18.4 Å². The topological polar surface area (TPSA) is 47.9 Å². The Balaban J connectivity index is 2.21. The fourth-order valence-corrected chi connectivity index (χ4v) is 1.92. The van der Waals surface area contributed by atoms with Crippen molar-refractivity contribution >= 4 is 0 Å². The van der Waals surface area contributed by atoms with Gasteiger partial charge >= 0.3 is 0 Å². The summed E-state index contributed by atoms with van der Waals surface area (Å²) in [4.78, 5) is 0. The third-order valence-electron chi connectivity index (χ3n) is 2.99. The van der Waals surface area contributed by atoms with Crippen LogP contribution in [-0.2, 0) is 5.60 Å². The molecule has 86 valence electrons. The van der Waals surface area contributed by atoms with Crippen LogP contribution in [-0.4, -0.2) is 19.0 Å². The van der Waals surface area contributed by atoms with E-state index in [9.17, 15) is 9.50 Å². The van der Waals surface area contributed by atoms with Crippen molar-refractivity contribution in [3.05, 3.63) is 17.4 Å². The van der Waals surface area contributed by atoms with E-state index >= 15 is 0 Å². The Morgan fingerprint density at radius 2 is 2.19 bits per heavy atom. The molecule has 1 saturated carbocycles. The van der Waals surface area contributed by atoms with Gasteiger partial charge in [-0.1, -0.05) is 0 Å². The summed E-state index contributed by atoms with van der Waals surface area (Å²) in [7, 11) is 1.37. The van der Waals surface area contributed by atoms with Crippen molar-refractivity contribution in [1.82, 2.24) is 0 Å². The van der Waals surface area contributed by atoms with Gasteiger partial charge in [0.2, 0.25) is 18.4 Å². The van der Waals surface area contributed by atoms with E-state index in [2.05, 4.69) is 0 Å².